The molecule has 0 unspecified atom stereocenters. The smallest absolute Gasteiger partial charge is 0.322 e. The maximum Gasteiger partial charge on any atom is 0.322 e. The Bertz CT molecular complexity index is 772. The summed E-state index contributed by atoms with van der Waals surface area (Å²) in [6, 6.07) is 15.4. The van der Waals surface area contributed by atoms with E-state index in [1.54, 1.807) is 11.0 Å². The van der Waals surface area contributed by atoms with Crippen LogP contribution in [0.1, 0.15) is 38.3 Å². The van der Waals surface area contributed by atoms with Gasteiger partial charge in [0.25, 0.3) is 0 Å². The average Bonchev–Trinajstić information content (AvgIpc) is 2.64. The Balaban J connectivity index is 2.12. The largest absolute Gasteiger partial charge is 0.326 e. The predicted octanol–water partition coefficient (Wildman–Crippen LogP) is 5.03. The standard InChI is InChI=1S/C22H29N3O2/c1-5-13-25(15-18-9-7-6-8-10-18)22(27)24-20-14-19(12-11-17(20)4)23-21(26)16(2)3/h6-12,14,16H,5,13,15H2,1-4H3,(H,23,26)(H,24,27). The van der Waals surface area contributed by atoms with Crippen molar-refractivity contribution in [2.75, 3.05) is 17.2 Å². The molecule has 5 nitrogen and oxygen atoms in total. The molecule has 3 amide bonds. The molecular weight excluding hydrogens is 338 g/mol. The summed E-state index contributed by atoms with van der Waals surface area (Å²) in [5.41, 5.74) is 3.42. The minimum absolute atomic E-state index is 0.0483. The number of nitrogens with zero attached hydrogens (tertiary/aromatic N) is 1. The van der Waals surface area contributed by atoms with Crippen molar-refractivity contribution in [1.29, 1.82) is 0 Å². The molecule has 144 valence electrons. The zero-order valence-electron chi connectivity index (χ0n) is 16.6. The minimum Gasteiger partial charge on any atom is -0.326 e. The number of urea groups is 1. The van der Waals surface area contributed by atoms with E-state index in [0.29, 0.717) is 24.5 Å². The predicted molar refractivity (Wildman–Crippen MR) is 111 cm³/mol. The third-order valence-corrected chi connectivity index (χ3v) is 4.27. The molecule has 2 aromatic rings. The number of benzene rings is 2. The van der Waals surface area contributed by atoms with Crippen LogP contribution < -0.4 is 10.6 Å². The second-order valence-electron chi connectivity index (χ2n) is 7.01. The van der Waals surface area contributed by atoms with Gasteiger partial charge in [0.1, 0.15) is 0 Å². The number of anilines is 2. The van der Waals surface area contributed by atoms with Gasteiger partial charge < -0.3 is 15.5 Å². The quantitative estimate of drug-likeness (QED) is 0.721. The second kappa shape index (κ2) is 9.76. The monoisotopic (exact) mass is 367 g/mol. The first-order valence-electron chi connectivity index (χ1n) is 9.42. The fraction of sp³-hybridized carbons (Fsp3) is 0.364. The fourth-order valence-electron chi connectivity index (χ4n) is 2.64. The van der Waals surface area contributed by atoms with Crippen molar-refractivity contribution in [2.45, 2.75) is 40.7 Å². The molecule has 0 aromatic heterocycles. The number of nitrogens with one attached hydrogen (secondary N) is 2. The summed E-state index contributed by atoms with van der Waals surface area (Å²) in [6.45, 7) is 8.91. The van der Waals surface area contributed by atoms with Crippen molar-refractivity contribution in [3.05, 3.63) is 59.7 Å². The van der Waals surface area contributed by atoms with Gasteiger partial charge in [0.2, 0.25) is 5.91 Å². The minimum atomic E-state index is -0.142. The molecule has 27 heavy (non-hydrogen) atoms. The molecule has 0 saturated carbocycles. The molecule has 0 aliphatic heterocycles. The lowest BCUT2D eigenvalue weighted by atomic mass is 10.1. The number of hydrogen-bond acceptors (Lipinski definition) is 2. The molecule has 2 N–H and O–H groups in total. The van der Waals surface area contributed by atoms with E-state index in [2.05, 4.69) is 17.6 Å². The van der Waals surface area contributed by atoms with Crippen LogP contribution >= 0.6 is 0 Å². The van der Waals surface area contributed by atoms with Gasteiger partial charge in [-0.25, -0.2) is 4.79 Å². The van der Waals surface area contributed by atoms with Gasteiger partial charge in [-0.15, -0.1) is 0 Å². The molecule has 0 saturated heterocycles. The van der Waals surface area contributed by atoms with Crippen LogP contribution in [0.5, 0.6) is 0 Å². The highest BCUT2D eigenvalue weighted by Crippen LogP contribution is 2.21. The number of hydrogen-bond donors (Lipinski definition) is 2. The van der Waals surface area contributed by atoms with Gasteiger partial charge in [0, 0.05) is 30.4 Å². The maximum absolute atomic E-state index is 12.8. The van der Waals surface area contributed by atoms with E-state index in [-0.39, 0.29) is 17.9 Å². The van der Waals surface area contributed by atoms with E-state index >= 15 is 0 Å². The third-order valence-electron chi connectivity index (χ3n) is 4.27. The van der Waals surface area contributed by atoms with Gasteiger partial charge in [-0.05, 0) is 36.6 Å². The van der Waals surface area contributed by atoms with Gasteiger partial charge in [0.15, 0.2) is 0 Å². The van der Waals surface area contributed by atoms with Crippen LogP contribution in [0.25, 0.3) is 0 Å². The molecule has 0 radical (unpaired) electrons. The molecular formula is C22H29N3O2. The Labute approximate surface area is 161 Å². The Morgan fingerprint density at radius 1 is 1.04 bits per heavy atom. The normalized spacial score (nSPS) is 10.6. The topological polar surface area (TPSA) is 61.4 Å². The molecule has 0 aliphatic carbocycles. The summed E-state index contributed by atoms with van der Waals surface area (Å²) in [7, 11) is 0. The molecule has 2 aromatic carbocycles. The van der Waals surface area contributed by atoms with Crippen LogP contribution in [0.15, 0.2) is 48.5 Å². The van der Waals surface area contributed by atoms with Crippen molar-refractivity contribution in [3.63, 3.8) is 0 Å². The van der Waals surface area contributed by atoms with E-state index < -0.39 is 0 Å². The number of carbonyl (C=O) groups excluding carboxylic acids is 2. The zero-order chi connectivity index (χ0) is 19.8. The van der Waals surface area contributed by atoms with Gasteiger partial charge >= 0.3 is 6.03 Å². The van der Waals surface area contributed by atoms with Gasteiger partial charge in [-0.1, -0.05) is 57.2 Å². The summed E-state index contributed by atoms with van der Waals surface area (Å²) in [4.78, 5) is 26.5. The number of amides is 3. The summed E-state index contributed by atoms with van der Waals surface area (Å²) in [5.74, 6) is -0.150. The molecule has 0 fully saturated rings. The Hall–Kier alpha value is -2.82. The molecule has 0 heterocycles. The zero-order valence-corrected chi connectivity index (χ0v) is 16.6. The maximum atomic E-state index is 12.8. The third kappa shape index (κ3) is 6.13. The Morgan fingerprint density at radius 3 is 2.37 bits per heavy atom. The van der Waals surface area contributed by atoms with E-state index in [4.69, 9.17) is 0 Å². The van der Waals surface area contributed by atoms with E-state index in [0.717, 1.165) is 17.5 Å². The second-order valence-corrected chi connectivity index (χ2v) is 7.01. The van der Waals surface area contributed by atoms with Crippen LogP contribution in [-0.4, -0.2) is 23.4 Å². The van der Waals surface area contributed by atoms with Gasteiger partial charge in [-0.2, -0.15) is 0 Å². The lowest BCUT2D eigenvalue weighted by Crippen LogP contribution is -2.35. The van der Waals surface area contributed by atoms with Crippen molar-refractivity contribution >= 4 is 23.3 Å². The summed E-state index contributed by atoms with van der Waals surface area (Å²) in [5, 5.41) is 5.87. The summed E-state index contributed by atoms with van der Waals surface area (Å²) in [6.07, 6.45) is 0.879. The molecule has 2 rings (SSSR count). The van der Waals surface area contributed by atoms with Gasteiger partial charge in [-0.3, -0.25) is 4.79 Å². The Kier molecular flexibility index (Phi) is 7.41. The molecule has 0 spiro atoms. The average molecular weight is 367 g/mol. The first-order valence-corrected chi connectivity index (χ1v) is 9.42. The van der Waals surface area contributed by atoms with E-state index in [1.165, 1.54) is 0 Å². The van der Waals surface area contributed by atoms with Crippen molar-refractivity contribution in [1.82, 2.24) is 4.90 Å². The molecule has 5 heteroatoms. The number of aryl methyl sites for hydroxylation is 1. The molecule has 0 aliphatic rings. The lowest BCUT2D eigenvalue weighted by molar-refractivity contribution is -0.118. The van der Waals surface area contributed by atoms with E-state index in [1.807, 2.05) is 63.2 Å². The molecule has 0 atom stereocenters. The molecule has 0 bridgehead atoms. The summed E-state index contributed by atoms with van der Waals surface area (Å²) >= 11 is 0. The first-order chi connectivity index (χ1) is 12.9. The van der Waals surface area contributed by atoms with Crippen LogP contribution in [0.3, 0.4) is 0 Å². The number of rotatable bonds is 7. The van der Waals surface area contributed by atoms with E-state index in [9.17, 15) is 9.59 Å². The Morgan fingerprint density at radius 2 is 1.74 bits per heavy atom. The van der Waals surface area contributed by atoms with Crippen LogP contribution in [-0.2, 0) is 11.3 Å². The van der Waals surface area contributed by atoms with Gasteiger partial charge in [0.05, 0.1) is 0 Å². The van der Waals surface area contributed by atoms with Crippen LogP contribution in [0.4, 0.5) is 16.2 Å². The first kappa shape index (κ1) is 20.5. The van der Waals surface area contributed by atoms with Crippen LogP contribution in [0.2, 0.25) is 0 Å². The highest BCUT2D eigenvalue weighted by molar-refractivity contribution is 5.94. The SMILES string of the molecule is CCCN(Cc1ccccc1)C(=O)Nc1cc(NC(=O)C(C)C)ccc1C. The summed E-state index contributed by atoms with van der Waals surface area (Å²) < 4.78 is 0. The van der Waals surface area contributed by atoms with Crippen molar-refractivity contribution in [3.8, 4) is 0 Å². The fourth-order valence-corrected chi connectivity index (χ4v) is 2.64. The highest BCUT2D eigenvalue weighted by atomic mass is 16.2. The van der Waals surface area contributed by atoms with Crippen molar-refractivity contribution in [2.24, 2.45) is 5.92 Å². The lowest BCUT2D eigenvalue weighted by Gasteiger charge is -2.23. The highest BCUT2D eigenvalue weighted by Gasteiger charge is 2.15. The van der Waals surface area contributed by atoms with Crippen LogP contribution in [0, 0.1) is 12.8 Å². The number of carbonyl (C=O) groups is 2. The van der Waals surface area contributed by atoms with Crippen molar-refractivity contribution < 1.29 is 9.59 Å².